The summed E-state index contributed by atoms with van der Waals surface area (Å²) in [5, 5.41) is 5.27. The maximum atomic E-state index is 11.7. The first-order chi connectivity index (χ1) is 8.90. The van der Waals surface area contributed by atoms with Gasteiger partial charge in [-0.1, -0.05) is 19.1 Å². The van der Waals surface area contributed by atoms with Gasteiger partial charge in [-0.25, -0.2) is 4.79 Å². The molecule has 0 saturated carbocycles. The number of benzene rings is 1. The lowest BCUT2D eigenvalue weighted by molar-refractivity contribution is -0.125. The number of rotatable bonds is 5. The largest absolute Gasteiger partial charge is 0.352 e. The molecule has 2 atom stereocenters. The van der Waals surface area contributed by atoms with E-state index in [4.69, 9.17) is 11.5 Å². The van der Waals surface area contributed by atoms with Crippen LogP contribution in [0.2, 0.25) is 0 Å². The fraction of sp³-hybridized carbons (Fsp3) is 0.385. The van der Waals surface area contributed by atoms with Crippen LogP contribution in [-0.2, 0) is 11.3 Å². The van der Waals surface area contributed by atoms with Crippen molar-refractivity contribution in [3.05, 3.63) is 29.8 Å². The maximum absolute atomic E-state index is 11.7. The molecule has 7 heteroatoms. The van der Waals surface area contributed by atoms with Crippen LogP contribution < -0.4 is 22.1 Å². The third-order valence-electron chi connectivity index (χ3n) is 2.89. The molecule has 0 saturated heterocycles. The van der Waals surface area contributed by atoms with Gasteiger partial charge >= 0.3 is 6.03 Å². The standard InChI is InChI=1S/C13H20N4O2.ClH/c1-8(9(2)14)12(18)16-7-10-3-5-11(6-4-10)17-13(15)19;/h3-6,8-9H,7,14H2,1-2H3,(H,16,18)(H3,15,17,19);1H. The number of nitrogens with one attached hydrogen (secondary N) is 2. The molecule has 0 aliphatic heterocycles. The van der Waals surface area contributed by atoms with Crippen molar-refractivity contribution in [2.45, 2.75) is 26.4 Å². The Morgan fingerprint density at radius 1 is 1.20 bits per heavy atom. The molecule has 112 valence electrons. The Morgan fingerprint density at radius 3 is 2.20 bits per heavy atom. The van der Waals surface area contributed by atoms with Gasteiger partial charge in [0, 0.05) is 24.2 Å². The van der Waals surface area contributed by atoms with Crippen LogP contribution in [-0.4, -0.2) is 18.0 Å². The zero-order chi connectivity index (χ0) is 14.4. The van der Waals surface area contributed by atoms with Gasteiger partial charge in [0.05, 0.1) is 0 Å². The molecule has 0 spiro atoms. The van der Waals surface area contributed by atoms with E-state index in [9.17, 15) is 9.59 Å². The topological polar surface area (TPSA) is 110 Å². The quantitative estimate of drug-likeness (QED) is 0.655. The van der Waals surface area contributed by atoms with Crippen LogP contribution in [0, 0.1) is 5.92 Å². The summed E-state index contributed by atoms with van der Waals surface area (Å²) < 4.78 is 0. The summed E-state index contributed by atoms with van der Waals surface area (Å²) in [5.74, 6) is -0.301. The zero-order valence-electron chi connectivity index (χ0n) is 11.6. The van der Waals surface area contributed by atoms with Crippen LogP contribution in [0.25, 0.3) is 0 Å². The number of nitrogens with two attached hydrogens (primary N) is 2. The summed E-state index contributed by atoms with van der Waals surface area (Å²) in [5.41, 5.74) is 12.2. The molecule has 0 aliphatic rings. The predicted octanol–water partition coefficient (Wildman–Crippen LogP) is 1.20. The number of halogens is 1. The van der Waals surface area contributed by atoms with Crippen LogP contribution in [0.1, 0.15) is 19.4 Å². The van der Waals surface area contributed by atoms with Crippen LogP contribution in [0.15, 0.2) is 24.3 Å². The van der Waals surface area contributed by atoms with Crippen LogP contribution >= 0.6 is 12.4 Å². The summed E-state index contributed by atoms with van der Waals surface area (Å²) >= 11 is 0. The summed E-state index contributed by atoms with van der Waals surface area (Å²) in [7, 11) is 0. The number of urea groups is 1. The van der Waals surface area contributed by atoms with Gasteiger partial charge in [0.2, 0.25) is 5.91 Å². The highest BCUT2D eigenvalue weighted by molar-refractivity contribution is 5.87. The third-order valence-corrected chi connectivity index (χ3v) is 2.89. The number of hydrogen-bond donors (Lipinski definition) is 4. The molecule has 1 aromatic rings. The van der Waals surface area contributed by atoms with Gasteiger partial charge < -0.3 is 22.1 Å². The molecule has 2 unspecified atom stereocenters. The van der Waals surface area contributed by atoms with Crippen molar-refractivity contribution >= 4 is 30.0 Å². The van der Waals surface area contributed by atoms with Crippen molar-refractivity contribution in [1.82, 2.24) is 5.32 Å². The fourth-order valence-electron chi connectivity index (χ4n) is 1.44. The first-order valence-corrected chi connectivity index (χ1v) is 6.09. The molecule has 6 N–H and O–H groups in total. The van der Waals surface area contributed by atoms with Crippen molar-refractivity contribution < 1.29 is 9.59 Å². The van der Waals surface area contributed by atoms with E-state index in [0.717, 1.165) is 5.56 Å². The van der Waals surface area contributed by atoms with Crippen molar-refractivity contribution in [2.24, 2.45) is 17.4 Å². The molecule has 1 rings (SSSR count). The van der Waals surface area contributed by atoms with Crippen molar-refractivity contribution in [2.75, 3.05) is 5.32 Å². The van der Waals surface area contributed by atoms with Crippen molar-refractivity contribution in [3.63, 3.8) is 0 Å². The number of amides is 3. The normalized spacial score (nSPS) is 12.8. The second-order valence-electron chi connectivity index (χ2n) is 4.55. The summed E-state index contributed by atoms with van der Waals surface area (Å²) in [6.45, 7) is 4.02. The van der Waals surface area contributed by atoms with E-state index < -0.39 is 6.03 Å². The van der Waals surface area contributed by atoms with E-state index in [0.29, 0.717) is 12.2 Å². The number of carbonyl (C=O) groups excluding carboxylic acids is 2. The van der Waals surface area contributed by atoms with E-state index in [2.05, 4.69) is 10.6 Å². The minimum Gasteiger partial charge on any atom is -0.352 e. The molecule has 0 heterocycles. The molecular weight excluding hydrogens is 280 g/mol. The number of anilines is 1. The lowest BCUT2D eigenvalue weighted by atomic mass is 10.0. The Balaban J connectivity index is 0.00000361. The number of primary amides is 1. The summed E-state index contributed by atoms with van der Waals surface area (Å²) in [6.07, 6.45) is 0. The van der Waals surface area contributed by atoms with E-state index in [1.807, 2.05) is 12.1 Å². The molecule has 3 amide bonds. The number of hydrogen-bond acceptors (Lipinski definition) is 3. The second-order valence-corrected chi connectivity index (χ2v) is 4.55. The highest BCUT2D eigenvalue weighted by atomic mass is 35.5. The third kappa shape index (κ3) is 5.90. The summed E-state index contributed by atoms with van der Waals surface area (Å²) in [6, 6.07) is 6.28. The monoisotopic (exact) mass is 300 g/mol. The minimum absolute atomic E-state index is 0. The highest BCUT2D eigenvalue weighted by Crippen LogP contribution is 2.09. The lowest BCUT2D eigenvalue weighted by Crippen LogP contribution is -2.38. The minimum atomic E-state index is -0.605. The van der Waals surface area contributed by atoms with Gasteiger partial charge in [-0.15, -0.1) is 12.4 Å². The smallest absolute Gasteiger partial charge is 0.316 e. The van der Waals surface area contributed by atoms with E-state index in [1.165, 1.54) is 0 Å². The molecule has 0 bridgehead atoms. The molecule has 20 heavy (non-hydrogen) atoms. The molecule has 0 aliphatic carbocycles. The van der Waals surface area contributed by atoms with Gasteiger partial charge in [0.25, 0.3) is 0 Å². The highest BCUT2D eigenvalue weighted by Gasteiger charge is 2.16. The van der Waals surface area contributed by atoms with Gasteiger partial charge in [0.15, 0.2) is 0 Å². The Bertz CT molecular complexity index is 448. The van der Waals surface area contributed by atoms with Crippen molar-refractivity contribution in [1.29, 1.82) is 0 Å². The average Bonchev–Trinajstić information content (AvgIpc) is 2.35. The van der Waals surface area contributed by atoms with Crippen LogP contribution in [0.5, 0.6) is 0 Å². The molecule has 0 radical (unpaired) electrons. The molecule has 6 nitrogen and oxygen atoms in total. The van der Waals surface area contributed by atoms with Crippen molar-refractivity contribution in [3.8, 4) is 0 Å². The molecule has 0 aromatic heterocycles. The number of carbonyl (C=O) groups is 2. The second kappa shape index (κ2) is 8.39. The van der Waals surface area contributed by atoms with Crippen LogP contribution in [0.4, 0.5) is 10.5 Å². The lowest BCUT2D eigenvalue weighted by Gasteiger charge is -2.15. The Labute approximate surface area is 124 Å². The van der Waals surface area contributed by atoms with E-state index in [-0.39, 0.29) is 30.3 Å². The molecule has 1 aromatic carbocycles. The van der Waals surface area contributed by atoms with Crippen LogP contribution in [0.3, 0.4) is 0 Å². The first-order valence-electron chi connectivity index (χ1n) is 6.09. The molecule has 0 fully saturated rings. The molecular formula is C13H21ClN4O2. The fourth-order valence-corrected chi connectivity index (χ4v) is 1.44. The Kier molecular flexibility index (Phi) is 7.64. The first kappa shape index (κ1) is 18.2. The van der Waals surface area contributed by atoms with Gasteiger partial charge in [-0.2, -0.15) is 0 Å². The zero-order valence-corrected chi connectivity index (χ0v) is 12.4. The Morgan fingerprint density at radius 2 is 1.75 bits per heavy atom. The van der Waals surface area contributed by atoms with Gasteiger partial charge in [-0.3, -0.25) is 4.79 Å². The average molecular weight is 301 g/mol. The van der Waals surface area contributed by atoms with E-state index in [1.54, 1.807) is 26.0 Å². The van der Waals surface area contributed by atoms with E-state index >= 15 is 0 Å². The maximum Gasteiger partial charge on any atom is 0.316 e. The Hall–Kier alpha value is -1.79. The van der Waals surface area contributed by atoms with Gasteiger partial charge in [-0.05, 0) is 24.6 Å². The SMILES string of the molecule is CC(N)C(C)C(=O)NCc1ccc(NC(N)=O)cc1.Cl. The van der Waals surface area contributed by atoms with Gasteiger partial charge in [0.1, 0.15) is 0 Å². The summed E-state index contributed by atoms with van der Waals surface area (Å²) in [4.78, 5) is 22.4. The predicted molar refractivity (Wildman–Crippen MR) is 81.6 cm³/mol.